The van der Waals surface area contributed by atoms with Crippen LogP contribution in [0.1, 0.15) is 17.5 Å². The molecule has 0 aromatic heterocycles. The van der Waals surface area contributed by atoms with Gasteiger partial charge in [-0.15, -0.1) is 0 Å². The Morgan fingerprint density at radius 2 is 1.21 bits per heavy atom. The molecular formula is C30H32F2N4O6. The van der Waals surface area contributed by atoms with E-state index in [4.69, 9.17) is 0 Å². The smallest absolute Gasteiger partial charge is 0.249 e. The zero-order valence-electron chi connectivity index (χ0n) is 22.6. The molecule has 0 fully saturated rings. The maximum Gasteiger partial charge on any atom is 0.249 e. The second kappa shape index (κ2) is 15.9. The Bertz CT molecular complexity index is 1360. The van der Waals surface area contributed by atoms with E-state index in [2.05, 4.69) is 21.3 Å². The average molecular weight is 583 g/mol. The van der Waals surface area contributed by atoms with Crippen LogP contribution in [-0.4, -0.2) is 65.2 Å². The molecule has 42 heavy (non-hydrogen) atoms. The minimum absolute atomic E-state index is 0.0368. The normalized spacial score (nSPS) is 12.9. The lowest BCUT2D eigenvalue weighted by molar-refractivity contribution is -0.134. The molecule has 3 atom stereocenters. The minimum Gasteiger partial charge on any atom is -0.394 e. The highest BCUT2D eigenvalue weighted by Crippen LogP contribution is 2.15. The molecule has 222 valence electrons. The summed E-state index contributed by atoms with van der Waals surface area (Å²) in [5.74, 6) is -5.10. The lowest BCUT2D eigenvalue weighted by Crippen LogP contribution is -2.58. The van der Waals surface area contributed by atoms with Gasteiger partial charge in [0.2, 0.25) is 23.6 Å². The summed E-state index contributed by atoms with van der Waals surface area (Å²) in [6.07, 6.45) is 0.437. The van der Waals surface area contributed by atoms with Crippen molar-refractivity contribution in [2.75, 3.05) is 18.5 Å². The van der Waals surface area contributed by atoms with Crippen molar-refractivity contribution < 1.29 is 38.2 Å². The van der Waals surface area contributed by atoms with E-state index in [-0.39, 0.29) is 18.5 Å². The highest BCUT2D eigenvalue weighted by atomic mass is 19.1. The first kappa shape index (κ1) is 31.8. The van der Waals surface area contributed by atoms with Gasteiger partial charge in [0.1, 0.15) is 29.8 Å². The predicted octanol–water partition coefficient (Wildman–Crippen LogP) is 1.22. The number of hydrogen-bond acceptors (Lipinski definition) is 6. The summed E-state index contributed by atoms with van der Waals surface area (Å²) < 4.78 is 27.2. The Hall–Kier alpha value is -4.68. The Balaban J connectivity index is 1.67. The van der Waals surface area contributed by atoms with Crippen molar-refractivity contribution in [3.8, 4) is 0 Å². The molecule has 4 amide bonds. The van der Waals surface area contributed by atoms with E-state index in [9.17, 15) is 38.2 Å². The number of nitrogens with one attached hydrogen (secondary N) is 4. The monoisotopic (exact) mass is 582 g/mol. The van der Waals surface area contributed by atoms with Gasteiger partial charge in [-0.2, -0.15) is 0 Å². The van der Waals surface area contributed by atoms with E-state index in [0.717, 1.165) is 17.7 Å². The van der Waals surface area contributed by atoms with Gasteiger partial charge in [0.15, 0.2) is 0 Å². The van der Waals surface area contributed by atoms with Gasteiger partial charge in [-0.25, -0.2) is 8.78 Å². The Morgan fingerprint density at radius 1 is 0.667 bits per heavy atom. The number of anilines is 1. The number of aryl methyl sites for hydroxylation is 1. The van der Waals surface area contributed by atoms with Crippen LogP contribution in [0.15, 0.2) is 78.9 Å². The van der Waals surface area contributed by atoms with Crippen LogP contribution in [0.3, 0.4) is 0 Å². The average Bonchev–Trinajstić information content (AvgIpc) is 2.99. The number of rotatable bonds is 14. The fourth-order valence-corrected chi connectivity index (χ4v) is 3.97. The van der Waals surface area contributed by atoms with Crippen LogP contribution in [-0.2, 0) is 32.0 Å². The second-order valence-electron chi connectivity index (χ2n) is 9.40. The first-order chi connectivity index (χ1) is 20.2. The molecule has 0 radical (unpaired) electrons. The fraction of sp³-hybridized carbons (Fsp3) is 0.267. The maximum atomic E-state index is 14.0. The number of amides is 4. The van der Waals surface area contributed by atoms with E-state index >= 15 is 0 Å². The lowest BCUT2D eigenvalue weighted by Gasteiger charge is -2.24. The molecule has 0 aliphatic heterocycles. The topological polar surface area (TPSA) is 157 Å². The van der Waals surface area contributed by atoms with Crippen LogP contribution >= 0.6 is 0 Å². The highest BCUT2D eigenvalue weighted by molar-refractivity contribution is 5.99. The molecule has 0 aliphatic rings. The number of aliphatic hydroxyl groups excluding tert-OH is 2. The number of benzene rings is 3. The van der Waals surface area contributed by atoms with Gasteiger partial charge >= 0.3 is 0 Å². The molecule has 0 bridgehead atoms. The molecular weight excluding hydrogens is 550 g/mol. The van der Waals surface area contributed by atoms with Crippen molar-refractivity contribution in [3.63, 3.8) is 0 Å². The summed E-state index contributed by atoms with van der Waals surface area (Å²) in [5, 5.41) is 29.0. The number of hydrogen-bond donors (Lipinski definition) is 6. The quantitative estimate of drug-likeness (QED) is 0.168. The van der Waals surface area contributed by atoms with Crippen molar-refractivity contribution in [3.05, 3.63) is 102 Å². The van der Waals surface area contributed by atoms with E-state index in [1.54, 1.807) is 30.3 Å². The number of halogens is 2. The van der Waals surface area contributed by atoms with Crippen molar-refractivity contribution >= 4 is 29.3 Å². The third-order valence-electron chi connectivity index (χ3n) is 6.24. The van der Waals surface area contributed by atoms with Gasteiger partial charge in [0, 0.05) is 18.9 Å². The van der Waals surface area contributed by atoms with Gasteiger partial charge < -0.3 is 31.5 Å². The van der Waals surface area contributed by atoms with Crippen LogP contribution in [0.25, 0.3) is 0 Å². The Labute approximate surface area is 241 Å². The third kappa shape index (κ3) is 9.75. The maximum absolute atomic E-state index is 14.0. The first-order valence-corrected chi connectivity index (χ1v) is 13.2. The van der Waals surface area contributed by atoms with Crippen molar-refractivity contribution in [2.45, 2.75) is 37.4 Å². The Kier molecular flexibility index (Phi) is 12.1. The van der Waals surface area contributed by atoms with Crippen molar-refractivity contribution in [1.29, 1.82) is 0 Å². The van der Waals surface area contributed by atoms with E-state index in [1.165, 1.54) is 0 Å². The van der Waals surface area contributed by atoms with E-state index in [1.807, 2.05) is 30.3 Å². The van der Waals surface area contributed by atoms with Crippen molar-refractivity contribution in [2.24, 2.45) is 0 Å². The zero-order valence-corrected chi connectivity index (χ0v) is 22.6. The molecule has 3 rings (SSSR count). The molecule has 0 unspecified atom stereocenters. The lowest BCUT2D eigenvalue weighted by atomic mass is 10.0. The largest absolute Gasteiger partial charge is 0.394 e. The number of aliphatic hydroxyl groups is 2. The summed E-state index contributed by atoms with van der Waals surface area (Å²) in [6, 6.07) is 16.1. The summed E-state index contributed by atoms with van der Waals surface area (Å²) >= 11 is 0. The predicted molar refractivity (Wildman–Crippen MR) is 150 cm³/mol. The van der Waals surface area contributed by atoms with Crippen molar-refractivity contribution in [1.82, 2.24) is 16.0 Å². The van der Waals surface area contributed by atoms with Gasteiger partial charge in [0.05, 0.1) is 18.9 Å². The van der Waals surface area contributed by atoms with Gasteiger partial charge in [0.25, 0.3) is 0 Å². The van der Waals surface area contributed by atoms with Gasteiger partial charge in [-0.3, -0.25) is 19.2 Å². The molecule has 0 spiro atoms. The number of carbonyl (C=O) groups excluding carboxylic acids is 4. The molecule has 0 saturated carbocycles. The van der Waals surface area contributed by atoms with Crippen LogP contribution in [0, 0.1) is 11.6 Å². The summed E-state index contributed by atoms with van der Waals surface area (Å²) in [6.45, 7) is -1.61. The Morgan fingerprint density at radius 3 is 1.81 bits per heavy atom. The molecule has 12 heteroatoms. The second-order valence-corrected chi connectivity index (χ2v) is 9.40. The van der Waals surface area contributed by atoms with Gasteiger partial charge in [-0.05, 0) is 29.7 Å². The molecule has 3 aromatic carbocycles. The molecule has 6 N–H and O–H groups in total. The fourth-order valence-electron chi connectivity index (χ4n) is 3.97. The van der Waals surface area contributed by atoms with E-state index in [0.29, 0.717) is 18.1 Å². The van der Waals surface area contributed by atoms with Crippen LogP contribution < -0.4 is 21.3 Å². The molecule has 10 nitrogen and oxygen atoms in total. The summed E-state index contributed by atoms with van der Waals surface area (Å²) in [7, 11) is 0. The SMILES string of the molecule is O=C(CCc1ccccc1)N[C@@H](CO)C(=O)N[C@@H](Cc1ccccc1)C(=O)N[C@@H](CO)C(=O)Nc1ccc(F)cc1F. The summed E-state index contributed by atoms with van der Waals surface area (Å²) in [5.41, 5.74) is 1.20. The molecule has 0 aliphatic carbocycles. The van der Waals surface area contributed by atoms with Crippen LogP contribution in [0.5, 0.6) is 0 Å². The third-order valence-corrected chi connectivity index (χ3v) is 6.24. The number of carbonyl (C=O) groups is 4. The summed E-state index contributed by atoms with van der Waals surface area (Å²) in [4.78, 5) is 51.3. The molecule has 3 aromatic rings. The molecule has 0 heterocycles. The highest BCUT2D eigenvalue weighted by Gasteiger charge is 2.30. The molecule has 0 saturated heterocycles. The van der Waals surface area contributed by atoms with E-state index < -0.39 is 66.6 Å². The van der Waals surface area contributed by atoms with Crippen LogP contribution in [0.2, 0.25) is 0 Å². The van der Waals surface area contributed by atoms with Crippen LogP contribution in [0.4, 0.5) is 14.5 Å². The first-order valence-electron chi connectivity index (χ1n) is 13.2. The zero-order chi connectivity index (χ0) is 30.5. The van der Waals surface area contributed by atoms with Gasteiger partial charge in [-0.1, -0.05) is 60.7 Å². The minimum atomic E-state index is -1.55. The standard InChI is InChI=1S/C30H32F2N4O6/c31-21-12-13-23(22(32)16-21)34-30(42)26(18-38)36-28(40)24(15-20-9-5-2-6-10-20)35-29(41)25(17-37)33-27(39)14-11-19-7-3-1-4-8-19/h1-10,12-13,16,24-26,37-38H,11,14-15,17-18H2,(H,33,39)(H,34,42)(H,35,41)(H,36,40)/t24-,25-,26-/m0/s1.